The molecule has 1 saturated heterocycles. The van der Waals surface area contributed by atoms with Crippen LogP contribution in [0.1, 0.15) is 37.6 Å². The summed E-state index contributed by atoms with van der Waals surface area (Å²) in [7, 11) is 0. The van der Waals surface area contributed by atoms with Crippen LogP contribution >= 0.6 is 0 Å². The van der Waals surface area contributed by atoms with Gasteiger partial charge in [-0.25, -0.2) is 9.59 Å². The number of halogens is 3. The molecule has 0 aromatic heterocycles. The third-order valence-electron chi connectivity index (χ3n) is 3.90. The van der Waals surface area contributed by atoms with E-state index in [0.717, 1.165) is 29.2 Å². The van der Waals surface area contributed by atoms with Crippen molar-refractivity contribution in [3.63, 3.8) is 0 Å². The number of amides is 2. The predicted molar refractivity (Wildman–Crippen MR) is 93.4 cm³/mol. The van der Waals surface area contributed by atoms with Gasteiger partial charge in [0.25, 0.3) is 5.91 Å². The third-order valence-corrected chi connectivity index (χ3v) is 3.90. The van der Waals surface area contributed by atoms with Crippen LogP contribution in [0.4, 0.5) is 18.0 Å². The summed E-state index contributed by atoms with van der Waals surface area (Å²) in [5, 5.41) is 11.9. The molecule has 2 amide bonds. The monoisotopic (exact) mass is 418 g/mol. The summed E-state index contributed by atoms with van der Waals surface area (Å²) < 4.78 is 45.5. The number of aliphatic carboxylic acids is 1. The van der Waals surface area contributed by atoms with E-state index in [0.29, 0.717) is 0 Å². The zero-order chi connectivity index (χ0) is 22.0. The van der Waals surface area contributed by atoms with Crippen LogP contribution in [0.15, 0.2) is 24.3 Å². The molecular weight excluding hydrogens is 397 g/mol. The fourth-order valence-corrected chi connectivity index (χ4v) is 2.77. The van der Waals surface area contributed by atoms with E-state index in [9.17, 15) is 32.7 Å². The van der Waals surface area contributed by atoms with Gasteiger partial charge in [-0.1, -0.05) is 0 Å². The lowest BCUT2D eigenvalue weighted by molar-refractivity contribution is -0.274. The molecule has 2 unspecified atom stereocenters. The second kappa shape index (κ2) is 8.18. The Bertz CT molecular complexity index is 773. The number of rotatable bonds is 4. The maximum absolute atomic E-state index is 12.3. The molecule has 1 aromatic carbocycles. The van der Waals surface area contributed by atoms with E-state index in [1.807, 2.05) is 0 Å². The summed E-state index contributed by atoms with van der Waals surface area (Å²) in [6.07, 6.45) is -5.68. The minimum absolute atomic E-state index is 0.0322. The molecular formula is C18H21F3N2O6. The highest BCUT2D eigenvalue weighted by atomic mass is 19.4. The Balaban J connectivity index is 2.03. The number of carbonyl (C=O) groups is 3. The van der Waals surface area contributed by atoms with Crippen molar-refractivity contribution in [3.05, 3.63) is 29.8 Å². The van der Waals surface area contributed by atoms with Crippen molar-refractivity contribution in [1.29, 1.82) is 0 Å². The third kappa shape index (κ3) is 6.54. The highest BCUT2D eigenvalue weighted by molar-refractivity contribution is 5.94. The molecule has 1 aliphatic heterocycles. The van der Waals surface area contributed by atoms with Crippen molar-refractivity contribution in [2.75, 3.05) is 6.54 Å². The minimum Gasteiger partial charge on any atom is -0.480 e. The lowest BCUT2D eigenvalue weighted by Gasteiger charge is -2.26. The number of carboxylic acids is 1. The first-order valence-corrected chi connectivity index (χ1v) is 8.64. The lowest BCUT2D eigenvalue weighted by atomic mass is 10.1. The molecule has 2 atom stereocenters. The first kappa shape index (κ1) is 22.3. The Morgan fingerprint density at radius 3 is 2.21 bits per heavy atom. The Kier molecular flexibility index (Phi) is 6.29. The van der Waals surface area contributed by atoms with Gasteiger partial charge in [0.05, 0.1) is 0 Å². The van der Waals surface area contributed by atoms with Gasteiger partial charge in [0.15, 0.2) is 0 Å². The Labute approximate surface area is 164 Å². The number of hydrogen-bond donors (Lipinski definition) is 2. The number of ether oxygens (including phenoxy) is 2. The Morgan fingerprint density at radius 1 is 1.14 bits per heavy atom. The molecule has 0 aliphatic carbocycles. The summed E-state index contributed by atoms with van der Waals surface area (Å²) >= 11 is 0. The summed E-state index contributed by atoms with van der Waals surface area (Å²) in [5.41, 5.74) is -0.760. The number of alkyl halides is 3. The van der Waals surface area contributed by atoms with Crippen LogP contribution in [0.25, 0.3) is 0 Å². The Hall–Kier alpha value is -2.98. The van der Waals surface area contributed by atoms with Crippen molar-refractivity contribution in [3.8, 4) is 5.75 Å². The van der Waals surface area contributed by atoms with Crippen LogP contribution in [-0.4, -0.2) is 58.6 Å². The second-order valence-electron chi connectivity index (χ2n) is 7.47. The van der Waals surface area contributed by atoms with Gasteiger partial charge in [-0.3, -0.25) is 9.69 Å². The molecule has 2 rings (SSSR count). The highest BCUT2D eigenvalue weighted by Crippen LogP contribution is 2.24. The van der Waals surface area contributed by atoms with Crippen molar-refractivity contribution < 1.29 is 42.1 Å². The Morgan fingerprint density at radius 2 is 1.72 bits per heavy atom. The van der Waals surface area contributed by atoms with Crippen LogP contribution in [0, 0.1) is 0 Å². The summed E-state index contributed by atoms with van der Waals surface area (Å²) in [6, 6.07) is 2.44. The summed E-state index contributed by atoms with van der Waals surface area (Å²) in [4.78, 5) is 37.1. The quantitative estimate of drug-likeness (QED) is 0.779. The molecule has 29 heavy (non-hydrogen) atoms. The first-order valence-electron chi connectivity index (χ1n) is 8.64. The average Bonchev–Trinajstić information content (AvgIpc) is 2.96. The fourth-order valence-electron chi connectivity index (χ4n) is 2.77. The van der Waals surface area contributed by atoms with E-state index in [1.54, 1.807) is 20.8 Å². The summed E-state index contributed by atoms with van der Waals surface area (Å²) in [5.74, 6) is -2.33. The number of nitrogens with one attached hydrogen (secondary N) is 1. The summed E-state index contributed by atoms with van der Waals surface area (Å²) in [6.45, 7) is 4.85. The van der Waals surface area contributed by atoms with Gasteiger partial charge in [0, 0.05) is 24.6 Å². The maximum Gasteiger partial charge on any atom is 0.573 e. The van der Waals surface area contributed by atoms with E-state index in [1.165, 1.54) is 0 Å². The van der Waals surface area contributed by atoms with Crippen LogP contribution in [0.5, 0.6) is 5.75 Å². The molecule has 0 radical (unpaired) electrons. The van der Waals surface area contributed by atoms with Crippen LogP contribution in [0.2, 0.25) is 0 Å². The van der Waals surface area contributed by atoms with Crippen molar-refractivity contribution in [1.82, 2.24) is 10.2 Å². The standard InChI is InChI=1S/C18H21F3N2O6/c1-17(2,3)29-16(27)23-9-11(8-13(23)15(25)26)22-14(24)10-4-6-12(7-5-10)28-18(19,20)21/h4-7,11,13H,8-9H2,1-3H3,(H,22,24)(H,25,26). The van der Waals surface area contributed by atoms with Crippen LogP contribution < -0.4 is 10.1 Å². The lowest BCUT2D eigenvalue weighted by Crippen LogP contribution is -2.44. The van der Waals surface area contributed by atoms with E-state index in [2.05, 4.69) is 10.1 Å². The molecule has 1 aliphatic rings. The smallest absolute Gasteiger partial charge is 0.480 e. The number of carbonyl (C=O) groups excluding carboxylic acids is 2. The van der Waals surface area contributed by atoms with Gasteiger partial charge in [-0.15, -0.1) is 13.2 Å². The van der Waals surface area contributed by atoms with E-state index < -0.39 is 47.8 Å². The van der Waals surface area contributed by atoms with Crippen molar-refractivity contribution >= 4 is 18.0 Å². The predicted octanol–water partition coefficient (Wildman–Crippen LogP) is 2.78. The molecule has 11 heteroatoms. The SMILES string of the molecule is CC(C)(C)OC(=O)N1CC(NC(=O)c2ccc(OC(F)(F)F)cc2)CC1C(=O)O. The highest BCUT2D eigenvalue weighted by Gasteiger charge is 2.42. The maximum atomic E-state index is 12.3. The zero-order valence-electron chi connectivity index (χ0n) is 15.9. The van der Waals surface area contributed by atoms with E-state index >= 15 is 0 Å². The molecule has 2 N–H and O–H groups in total. The number of carboxylic acid groups (broad SMARTS) is 1. The molecule has 0 bridgehead atoms. The van der Waals surface area contributed by atoms with Gasteiger partial charge >= 0.3 is 18.4 Å². The fraction of sp³-hybridized carbons (Fsp3) is 0.500. The van der Waals surface area contributed by atoms with Gasteiger partial charge in [0.2, 0.25) is 0 Å². The molecule has 1 aromatic rings. The van der Waals surface area contributed by atoms with Gasteiger partial charge in [0.1, 0.15) is 17.4 Å². The van der Waals surface area contributed by atoms with Crippen LogP contribution in [-0.2, 0) is 9.53 Å². The van der Waals surface area contributed by atoms with Gasteiger partial charge in [-0.05, 0) is 45.0 Å². The number of nitrogens with zero attached hydrogens (tertiary/aromatic N) is 1. The van der Waals surface area contributed by atoms with E-state index in [-0.39, 0.29) is 18.5 Å². The molecule has 8 nitrogen and oxygen atoms in total. The number of benzene rings is 1. The van der Waals surface area contributed by atoms with Gasteiger partial charge in [-0.2, -0.15) is 0 Å². The van der Waals surface area contributed by atoms with Crippen LogP contribution in [0.3, 0.4) is 0 Å². The average molecular weight is 418 g/mol. The first-order chi connectivity index (χ1) is 13.2. The van der Waals surface area contributed by atoms with Crippen molar-refractivity contribution in [2.45, 2.75) is 51.2 Å². The van der Waals surface area contributed by atoms with Crippen molar-refractivity contribution in [2.24, 2.45) is 0 Å². The molecule has 160 valence electrons. The largest absolute Gasteiger partial charge is 0.573 e. The topological polar surface area (TPSA) is 105 Å². The normalized spacial score (nSPS) is 19.6. The second-order valence-corrected chi connectivity index (χ2v) is 7.47. The molecule has 1 heterocycles. The zero-order valence-corrected chi connectivity index (χ0v) is 15.9. The number of hydrogen-bond acceptors (Lipinski definition) is 5. The van der Waals surface area contributed by atoms with E-state index in [4.69, 9.17) is 4.74 Å². The van der Waals surface area contributed by atoms with Gasteiger partial charge < -0.3 is 19.9 Å². The molecule has 0 spiro atoms. The molecule has 0 saturated carbocycles. The minimum atomic E-state index is -4.84. The molecule has 1 fully saturated rings. The number of likely N-dealkylation sites (tertiary alicyclic amines) is 1.